The van der Waals surface area contributed by atoms with Crippen LogP contribution in [0.4, 0.5) is 5.69 Å². The molecule has 0 amide bonds. The molecule has 0 aromatic heterocycles. The first kappa shape index (κ1) is 6.95. The van der Waals surface area contributed by atoms with Crippen LogP contribution in [-0.4, -0.2) is 18.9 Å². The lowest BCUT2D eigenvalue weighted by molar-refractivity contribution is 0.101. The predicted octanol–water partition coefficient (Wildman–Crippen LogP) is 1.23. The normalized spacial score (nSPS) is 17.7. The van der Waals surface area contributed by atoms with Crippen LogP contribution in [0.3, 0.4) is 0 Å². The molecule has 0 fully saturated rings. The number of carbonyl (C=O) groups excluding carboxylic acids is 1. The minimum absolute atomic E-state index is 0.160. The van der Waals surface area contributed by atoms with Gasteiger partial charge in [0.25, 0.3) is 0 Å². The number of rotatable bonds is 0. The van der Waals surface area contributed by atoms with Gasteiger partial charge in [0.1, 0.15) is 5.75 Å². The number of fused-ring (bicyclic) bond motifs is 3. The highest BCUT2D eigenvalue weighted by Gasteiger charge is 2.26. The topological polar surface area (TPSA) is 38.3 Å². The molecule has 0 bridgehead atoms. The van der Waals surface area contributed by atoms with Gasteiger partial charge in [-0.1, -0.05) is 6.07 Å². The third-order valence-corrected chi connectivity index (χ3v) is 2.58. The van der Waals surface area contributed by atoms with E-state index in [1.54, 1.807) is 0 Å². The molecule has 3 heteroatoms. The maximum atomic E-state index is 11.3. The molecule has 1 aromatic carbocycles. The molecule has 0 aliphatic carbocycles. The number of ether oxygens (including phenoxy) is 1. The summed E-state index contributed by atoms with van der Waals surface area (Å²) in [6, 6.07) is 3.89. The van der Waals surface area contributed by atoms with Crippen molar-refractivity contribution in [1.82, 2.24) is 0 Å². The molecule has 0 saturated heterocycles. The Kier molecular flexibility index (Phi) is 1.20. The number of ketones is 1. The summed E-state index contributed by atoms with van der Waals surface area (Å²) in [6.07, 6.45) is 0.957. The zero-order chi connectivity index (χ0) is 8.84. The van der Waals surface area contributed by atoms with Gasteiger partial charge in [0, 0.05) is 12.0 Å². The molecule has 1 N–H and O–H groups in total. The number of anilines is 1. The second kappa shape index (κ2) is 2.25. The van der Waals surface area contributed by atoms with Gasteiger partial charge < -0.3 is 10.1 Å². The van der Waals surface area contributed by atoms with E-state index in [1.165, 1.54) is 5.56 Å². The lowest BCUT2D eigenvalue weighted by Crippen LogP contribution is -2.00. The number of hydrogen-bond donors (Lipinski definition) is 1. The summed E-state index contributed by atoms with van der Waals surface area (Å²) in [5.74, 6) is 1.05. The van der Waals surface area contributed by atoms with Gasteiger partial charge >= 0.3 is 0 Å². The molecular formula is C10H9NO2. The first-order valence-electron chi connectivity index (χ1n) is 4.42. The van der Waals surface area contributed by atoms with E-state index in [1.807, 2.05) is 12.1 Å². The maximum Gasteiger partial charge on any atom is 0.184 e. The van der Waals surface area contributed by atoms with Crippen molar-refractivity contribution in [3.05, 3.63) is 23.3 Å². The molecule has 0 radical (unpaired) electrons. The van der Waals surface area contributed by atoms with E-state index in [2.05, 4.69) is 5.32 Å². The minimum atomic E-state index is 0.160. The number of benzene rings is 1. The average molecular weight is 175 g/mol. The van der Waals surface area contributed by atoms with Gasteiger partial charge in [-0.05, 0) is 11.6 Å². The Morgan fingerprint density at radius 2 is 2.31 bits per heavy atom. The van der Waals surface area contributed by atoms with Crippen molar-refractivity contribution in [2.24, 2.45) is 0 Å². The molecule has 0 atom stereocenters. The third kappa shape index (κ3) is 0.813. The van der Waals surface area contributed by atoms with Crippen LogP contribution in [0, 0.1) is 0 Å². The highest BCUT2D eigenvalue weighted by Crippen LogP contribution is 2.38. The van der Waals surface area contributed by atoms with Crippen LogP contribution in [0.2, 0.25) is 0 Å². The quantitative estimate of drug-likeness (QED) is 0.644. The summed E-state index contributed by atoms with van der Waals surface area (Å²) in [6.45, 7) is 1.15. The summed E-state index contributed by atoms with van der Waals surface area (Å²) >= 11 is 0. The summed E-state index contributed by atoms with van der Waals surface area (Å²) in [7, 11) is 0. The Hall–Kier alpha value is -1.51. The second-order valence-electron chi connectivity index (χ2n) is 3.35. The SMILES string of the molecule is O=C1CNc2c1ccc1c2OCC1. The van der Waals surface area contributed by atoms with Crippen LogP contribution < -0.4 is 10.1 Å². The van der Waals surface area contributed by atoms with Crippen LogP contribution in [-0.2, 0) is 6.42 Å². The summed E-state index contributed by atoms with van der Waals surface area (Å²) in [5.41, 5.74) is 2.89. The lowest BCUT2D eigenvalue weighted by Gasteiger charge is -2.04. The van der Waals surface area contributed by atoms with Crippen molar-refractivity contribution in [2.45, 2.75) is 6.42 Å². The van der Waals surface area contributed by atoms with E-state index in [-0.39, 0.29) is 5.78 Å². The van der Waals surface area contributed by atoms with Gasteiger partial charge in [0.05, 0.1) is 18.8 Å². The number of Topliss-reactive ketones (excluding diaryl/α,β-unsaturated/α-hetero) is 1. The fraction of sp³-hybridized carbons (Fsp3) is 0.300. The van der Waals surface area contributed by atoms with E-state index in [4.69, 9.17) is 4.74 Å². The number of hydrogen-bond acceptors (Lipinski definition) is 3. The van der Waals surface area contributed by atoms with Crippen molar-refractivity contribution in [1.29, 1.82) is 0 Å². The van der Waals surface area contributed by atoms with Crippen molar-refractivity contribution < 1.29 is 9.53 Å². The van der Waals surface area contributed by atoms with Gasteiger partial charge in [0.2, 0.25) is 0 Å². The van der Waals surface area contributed by atoms with Gasteiger partial charge in [-0.3, -0.25) is 4.79 Å². The molecule has 3 rings (SSSR count). The number of nitrogens with one attached hydrogen (secondary N) is 1. The highest BCUT2D eigenvalue weighted by atomic mass is 16.5. The van der Waals surface area contributed by atoms with Crippen LogP contribution >= 0.6 is 0 Å². The molecular weight excluding hydrogens is 166 g/mol. The molecule has 66 valence electrons. The summed E-state index contributed by atoms with van der Waals surface area (Å²) in [4.78, 5) is 11.3. The summed E-state index contributed by atoms with van der Waals surface area (Å²) in [5, 5.41) is 3.08. The standard InChI is InChI=1S/C10H9NO2/c12-8-5-11-9-7(8)2-1-6-3-4-13-10(6)9/h1-2,11H,3-5H2. The molecule has 0 saturated carbocycles. The van der Waals surface area contributed by atoms with Crippen LogP contribution in [0.1, 0.15) is 15.9 Å². The molecule has 1 aromatic rings. The number of carbonyl (C=O) groups is 1. The van der Waals surface area contributed by atoms with Crippen molar-refractivity contribution in [2.75, 3.05) is 18.5 Å². The van der Waals surface area contributed by atoms with E-state index in [0.29, 0.717) is 6.54 Å². The minimum Gasteiger partial charge on any atom is -0.491 e. The Morgan fingerprint density at radius 3 is 3.23 bits per heavy atom. The Balaban J connectivity index is 2.26. The van der Waals surface area contributed by atoms with Gasteiger partial charge in [-0.25, -0.2) is 0 Å². The van der Waals surface area contributed by atoms with Gasteiger partial charge in [-0.2, -0.15) is 0 Å². The predicted molar refractivity (Wildman–Crippen MR) is 48.5 cm³/mol. The van der Waals surface area contributed by atoms with E-state index >= 15 is 0 Å². The molecule has 13 heavy (non-hydrogen) atoms. The molecule has 0 unspecified atom stereocenters. The lowest BCUT2D eigenvalue weighted by atomic mass is 10.1. The third-order valence-electron chi connectivity index (χ3n) is 2.58. The largest absolute Gasteiger partial charge is 0.491 e. The van der Waals surface area contributed by atoms with Crippen molar-refractivity contribution in [3.8, 4) is 5.75 Å². The van der Waals surface area contributed by atoms with E-state index in [9.17, 15) is 4.79 Å². The van der Waals surface area contributed by atoms with Crippen LogP contribution in [0.25, 0.3) is 0 Å². The zero-order valence-corrected chi connectivity index (χ0v) is 7.09. The van der Waals surface area contributed by atoms with Crippen molar-refractivity contribution >= 4 is 11.5 Å². The van der Waals surface area contributed by atoms with E-state index in [0.717, 1.165) is 30.0 Å². The first-order valence-corrected chi connectivity index (χ1v) is 4.42. The van der Waals surface area contributed by atoms with Crippen LogP contribution in [0.15, 0.2) is 12.1 Å². The first-order chi connectivity index (χ1) is 6.36. The maximum absolute atomic E-state index is 11.3. The highest BCUT2D eigenvalue weighted by molar-refractivity contribution is 6.09. The Morgan fingerprint density at radius 1 is 1.38 bits per heavy atom. The Bertz CT molecular complexity index is 398. The van der Waals surface area contributed by atoms with E-state index < -0.39 is 0 Å². The molecule has 2 heterocycles. The fourth-order valence-electron chi connectivity index (χ4n) is 1.92. The fourth-order valence-corrected chi connectivity index (χ4v) is 1.92. The zero-order valence-electron chi connectivity index (χ0n) is 7.09. The van der Waals surface area contributed by atoms with Crippen molar-refractivity contribution in [3.63, 3.8) is 0 Å². The van der Waals surface area contributed by atoms with Crippen LogP contribution in [0.5, 0.6) is 5.75 Å². The smallest absolute Gasteiger partial charge is 0.184 e. The monoisotopic (exact) mass is 175 g/mol. The molecule has 2 aliphatic rings. The summed E-state index contributed by atoms with van der Waals surface area (Å²) < 4.78 is 5.47. The average Bonchev–Trinajstić information content (AvgIpc) is 2.70. The molecule has 3 nitrogen and oxygen atoms in total. The molecule has 2 aliphatic heterocycles. The Labute approximate surface area is 75.7 Å². The van der Waals surface area contributed by atoms with Gasteiger partial charge in [0.15, 0.2) is 5.78 Å². The van der Waals surface area contributed by atoms with Gasteiger partial charge in [-0.15, -0.1) is 0 Å². The second-order valence-corrected chi connectivity index (χ2v) is 3.35. The molecule has 0 spiro atoms.